The Morgan fingerprint density at radius 2 is 1.96 bits per heavy atom. The molecule has 0 aliphatic carbocycles. The number of urea groups is 1. The minimum Gasteiger partial charge on any atom is -0.369 e. The van der Waals surface area contributed by atoms with E-state index in [-0.39, 0.29) is 36.5 Å². The molecule has 2 aliphatic rings. The molecule has 8 nitrogen and oxygen atoms in total. The maximum atomic E-state index is 12.3. The first-order valence-electron chi connectivity index (χ1n) is 9.42. The van der Waals surface area contributed by atoms with Gasteiger partial charge in [0.1, 0.15) is 0 Å². The van der Waals surface area contributed by atoms with Crippen LogP contribution in [0, 0.1) is 0 Å². The van der Waals surface area contributed by atoms with Gasteiger partial charge < -0.3 is 21.3 Å². The minimum absolute atomic E-state index is 0.0671. The molecule has 2 heterocycles. The molecule has 0 bridgehead atoms. The van der Waals surface area contributed by atoms with Crippen molar-refractivity contribution in [2.45, 2.75) is 44.7 Å². The van der Waals surface area contributed by atoms with Crippen LogP contribution in [0.5, 0.6) is 0 Å². The summed E-state index contributed by atoms with van der Waals surface area (Å²) in [5.74, 6) is -0.211. The first-order chi connectivity index (χ1) is 12.9. The van der Waals surface area contributed by atoms with Crippen molar-refractivity contribution >= 4 is 29.2 Å². The van der Waals surface area contributed by atoms with Crippen molar-refractivity contribution in [1.29, 1.82) is 0 Å². The van der Waals surface area contributed by atoms with Gasteiger partial charge in [-0.1, -0.05) is 6.07 Å². The number of likely N-dealkylation sites (tertiary alicyclic amines) is 1. The number of anilines is 2. The fourth-order valence-electron chi connectivity index (χ4n) is 3.77. The number of hydrogen-bond acceptors (Lipinski definition) is 4. The summed E-state index contributed by atoms with van der Waals surface area (Å²) in [7, 11) is 0. The van der Waals surface area contributed by atoms with E-state index < -0.39 is 0 Å². The number of carbonyl (C=O) groups is 3. The zero-order valence-corrected chi connectivity index (χ0v) is 15.6. The Morgan fingerprint density at radius 1 is 1.22 bits per heavy atom. The van der Waals surface area contributed by atoms with Gasteiger partial charge in [0, 0.05) is 43.0 Å². The van der Waals surface area contributed by atoms with Crippen LogP contribution in [-0.4, -0.2) is 54.5 Å². The molecule has 3 rings (SSSR count). The van der Waals surface area contributed by atoms with Crippen LogP contribution in [0.3, 0.4) is 0 Å². The van der Waals surface area contributed by atoms with Crippen molar-refractivity contribution in [3.63, 3.8) is 0 Å². The molecule has 4 amide bonds. The number of rotatable bonds is 5. The predicted octanol–water partition coefficient (Wildman–Crippen LogP) is 1.27. The van der Waals surface area contributed by atoms with Gasteiger partial charge in [0.05, 0.1) is 6.54 Å². The molecule has 2 aliphatic heterocycles. The summed E-state index contributed by atoms with van der Waals surface area (Å²) in [6.45, 7) is 3.76. The highest BCUT2D eigenvalue weighted by atomic mass is 16.2. The number of primary amides is 1. The lowest BCUT2D eigenvalue weighted by atomic mass is 10.1. The largest absolute Gasteiger partial charge is 0.369 e. The highest BCUT2D eigenvalue weighted by Crippen LogP contribution is 2.28. The van der Waals surface area contributed by atoms with Crippen molar-refractivity contribution in [1.82, 2.24) is 10.2 Å². The molecule has 1 atom stereocenters. The molecule has 0 spiro atoms. The topological polar surface area (TPSA) is 108 Å². The van der Waals surface area contributed by atoms with E-state index in [0.717, 1.165) is 38.0 Å². The molecule has 8 heteroatoms. The van der Waals surface area contributed by atoms with E-state index in [1.54, 1.807) is 4.90 Å². The second kappa shape index (κ2) is 8.39. The van der Waals surface area contributed by atoms with Gasteiger partial charge in [-0.25, -0.2) is 4.79 Å². The van der Waals surface area contributed by atoms with Crippen LogP contribution in [0.25, 0.3) is 0 Å². The standard InChI is InChI=1S/C19H27N5O3/c1-13-5-6-18(26)24(13)16-4-2-3-15(11-16)22-19(27)21-14-7-9-23(10-8-14)12-17(20)25/h2-4,11,13-14H,5-10,12H2,1H3,(H2,20,25)(H2,21,22,27)/t13-/m0/s1. The van der Waals surface area contributed by atoms with Gasteiger partial charge in [-0.2, -0.15) is 0 Å². The third kappa shape index (κ3) is 4.97. The van der Waals surface area contributed by atoms with Gasteiger partial charge in [-0.15, -0.1) is 0 Å². The summed E-state index contributed by atoms with van der Waals surface area (Å²) in [5.41, 5.74) is 6.68. The number of benzene rings is 1. The molecular weight excluding hydrogens is 346 g/mol. The van der Waals surface area contributed by atoms with E-state index in [2.05, 4.69) is 10.6 Å². The number of carbonyl (C=O) groups excluding carboxylic acids is 3. The van der Waals surface area contributed by atoms with E-state index in [1.807, 2.05) is 36.1 Å². The molecule has 0 unspecified atom stereocenters. The maximum Gasteiger partial charge on any atom is 0.319 e. The molecule has 1 aromatic carbocycles. The van der Waals surface area contributed by atoms with Crippen LogP contribution in [0.1, 0.15) is 32.6 Å². The van der Waals surface area contributed by atoms with Gasteiger partial charge in [0.25, 0.3) is 0 Å². The normalized spacial score (nSPS) is 21.3. The third-order valence-corrected chi connectivity index (χ3v) is 5.17. The SMILES string of the molecule is C[C@H]1CCC(=O)N1c1cccc(NC(=O)NC2CCN(CC(N)=O)CC2)c1. The van der Waals surface area contributed by atoms with E-state index in [4.69, 9.17) is 5.73 Å². The summed E-state index contributed by atoms with van der Waals surface area (Å²) in [4.78, 5) is 39.1. The molecule has 0 radical (unpaired) electrons. The van der Waals surface area contributed by atoms with Crippen LogP contribution in [0.15, 0.2) is 24.3 Å². The van der Waals surface area contributed by atoms with Crippen molar-refractivity contribution in [3.05, 3.63) is 24.3 Å². The predicted molar refractivity (Wildman–Crippen MR) is 103 cm³/mol. The molecule has 0 aromatic heterocycles. The highest BCUT2D eigenvalue weighted by Gasteiger charge is 2.29. The molecule has 146 valence electrons. The maximum absolute atomic E-state index is 12.3. The van der Waals surface area contributed by atoms with Crippen LogP contribution < -0.4 is 21.3 Å². The fourth-order valence-corrected chi connectivity index (χ4v) is 3.77. The number of nitrogens with one attached hydrogen (secondary N) is 2. The molecule has 0 saturated carbocycles. The Labute approximate surface area is 159 Å². The number of nitrogens with two attached hydrogens (primary N) is 1. The number of amides is 4. The number of nitrogens with zero attached hydrogens (tertiary/aromatic N) is 2. The highest BCUT2D eigenvalue weighted by molar-refractivity contribution is 5.97. The van der Waals surface area contributed by atoms with Gasteiger partial charge >= 0.3 is 6.03 Å². The van der Waals surface area contributed by atoms with Crippen molar-refractivity contribution in [3.8, 4) is 0 Å². The summed E-state index contributed by atoms with van der Waals surface area (Å²) >= 11 is 0. The first kappa shape index (κ1) is 19.2. The lowest BCUT2D eigenvalue weighted by Crippen LogP contribution is -2.47. The Bertz CT molecular complexity index is 715. The van der Waals surface area contributed by atoms with Crippen LogP contribution >= 0.6 is 0 Å². The number of piperidine rings is 1. The van der Waals surface area contributed by atoms with E-state index >= 15 is 0 Å². The molecule has 1 aromatic rings. The van der Waals surface area contributed by atoms with Gasteiger partial charge in [-0.05, 0) is 44.4 Å². The zero-order valence-electron chi connectivity index (χ0n) is 15.6. The smallest absolute Gasteiger partial charge is 0.319 e. The number of hydrogen-bond donors (Lipinski definition) is 3. The zero-order chi connectivity index (χ0) is 19.4. The van der Waals surface area contributed by atoms with Gasteiger partial charge in [0.2, 0.25) is 11.8 Å². The second-order valence-electron chi connectivity index (χ2n) is 7.32. The lowest BCUT2D eigenvalue weighted by molar-refractivity contribution is -0.119. The minimum atomic E-state index is -0.329. The third-order valence-electron chi connectivity index (χ3n) is 5.17. The Balaban J connectivity index is 1.52. The summed E-state index contributed by atoms with van der Waals surface area (Å²) in [6.07, 6.45) is 2.97. The van der Waals surface area contributed by atoms with Crippen LogP contribution in [0.4, 0.5) is 16.2 Å². The lowest BCUT2D eigenvalue weighted by Gasteiger charge is -2.31. The van der Waals surface area contributed by atoms with Gasteiger partial charge in [0.15, 0.2) is 0 Å². The molecule has 2 saturated heterocycles. The fraction of sp³-hybridized carbons (Fsp3) is 0.526. The Kier molecular flexibility index (Phi) is 5.95. The Morgan fingerprint density at radius 3 is 2.59 bits per heavy atom. The van der Waals surface area contributed by atoms with Crippen molar-refractivity contribution in [2.75, 3.05) is 29.9 Å². The molecule has 4 N–H and O–H groups in total. The quantitative estimate of drug-likeness (QED) is 0.722. The average Bonchev–Trinajstić information content (AvgIpc) is 2.95. The van der Waals surface area contributed by atoms with Crippen LogP contribution in [0.2, 0.25) is 0 Å². The first-order valence-corrected chi connectivity index (χ1v) is 9.42. The van der Waals surface area contributed by atoms with Gasteiger partial charge in [-0.3, -0.25) is 14.5 Å². The molecular formula is C19H27N5O3. The monoisotopic (exact) mass is 373 g/mol. The van der Waals surface area contributed by atoms with Crippen molar-refractivity contribution < 1.29 is 14.4 Å². The molecule has 2 fully saturated rings. The average molecular weight is 373 g/mol. The van der Waals surface area contributed by atoms with E-state index in [9.17, 15) is 14.4 Å². The summed E-state index contributed by atoms with van der Waals surface area (Å²) in [6, 6.07) is 7.34. The molecule has 27 heavy (non-hydrogen) atoms. The summed E-state index contributed by atoms with van der Waals surface area (Å²) < 4.78 is 0. The summed E-state index contributed by atoms with van der Waals surface area (Å²) in [5, 5.41) is 5.82. The van der Waals surface area contributed by atoms with E-state index in [1.165, 1.54) is 0 Å². The second-order valence-corrected chi connectivity index (χ2v) is 7.32. The van der Waals surface area contributed by atoms with E-state index in [0.29, 0.717) is 12.1 Å². The van der Waals surface area contributed by atoms with Crippen LogP contribution in [-0.2, 0) is 9.59 Å². The Hall–Kier alpha value is -2.61. The van der Waals surface area contributed by atoms with Crippen molar-refractivity contribution in [2.24, 2.45) is 5.73 Å².